The molecule has 0 spiro atoms. The van der Waals surface area contributed by atoms with Crippen LogP contribution in [0.4, 0.5) is 5.69 Å². The molecule has 0 bridgehead atoms. The average molecular weight is 387 g/mol. The van der Waals surface area contributed by atoms with Gasteiger partial charge < -0.3 is 5.32 Å². The Morgan fingerprint density at radius 3 is 2.52 bits per heavy atom. The molecule has 0 aromatic heterocycles. The van der Waals surface area contributed by atoms with Gasteiger partial charge in [0, 0.05) is 12.1 Å². The zero-order valence-electron chi connectivity index (χ0n) is 15.6. The van der Waals surface area contributed by atoms with E-state index in [1.807, 2.05) is 6.07 Å². The van der Waals surface area contributed by atoms with Crippen LogP contribution in [-0.4, -0.2) is 27.4 Å². The lowest BCUT2D eigenvalue weighted by Crippen LogP contribution is -2.31. The van der Waals surface area contributed by atoms with Gasteiger partial charge in [0.1, 0.15) is 0 Å². The Morgan fingerprint density at radius 1 is 1.11 bits per heavy atom. The normalized spacial score (nSPS) is 11.0. The first kappa shape index (κ1) is 20.7. The molecule has 2 aromatic carbocycles. The number of rotatable bonds is 10. The number of carbonyl (C=O) groups is 1. The number of nitrogens with one attached hydrogen (secondary N) is 1. The van der Waals surface area contributed by atoms with Crippen LogP contribution >= 0.6 is 0 Å². The highest BCUT2D eigenvalue weighted by molar-refractivity contribution is 7.92. The molecule has 1 amide bonds. The predicted octanol–water partition coefficient (Wildman–Crippen LogP) is 3.99. The Kier molecular flexibility index (Phi) is 7.61. The third-order valence-electron chi connectivity index (χ3n) is 4.09. The Morgan fingerprint density at radius 2 is 1.85 bits per heavy atom. The molecule has 0 radical (unpaired) electrons. The molecule has 0 aliphatic carbocycles. The number of benzene rings is 2. The zero-order valence-corrected chi connectivity index (χ0v) is 16.4. The maximum absolute atomic E-state index is 13.1. The van der Waals surface area contributed by atoms with Gasteiger partial charge in [-0.2, -0.15) is 0 Å². The van der Waals surface area contributed by atoms with Gasteiger partial charge in [0.2, 0.25) is 0 Å². The number of carbonyl (C=O) groups excluding carboxylic acids is 1. The molecule has 6 heteroatoms. The van der Waals surface area contributed by atoms with Gasteiger partial charge >= 0.3 is 0 Å². The smallest absolute Gasteiger partial charge is 0.264 e. The second-order valence-corrected chi connectivity index (χ2v) is 8.01. The number of unbranched alkanes of at least 4 members (excludes halogenated alkanes) is 2. The van der Waals surface area contributed by atoms with Crippen molar-refractivity contribution >= 4 is 21.6 Å². The van der Waals surface area contributed by atoms with E-state index in [1.165, 1.54) is 22.5 Å². The fourth-order valence-corrected chi connectivity index (χ4v) is 4.14. The largest absolute Gasteiger partial charge is 0.352 e. The SMILES string of the molecule is C=CCN(c1ccccc1)S(=O)(=O)c1cccc(C(=O)NCCCCC)c1. The van der Waals surface area contributed by atoms with Crippen molar-refractivity contribution in [3.63, 3.8) is 0 Å². The number of hydrogen-bond acceptors (Lipinski definition) is 3. The number of amides is 1. The minimum Gasteiger partial charge on any atom is -0.352 e. The highest BCUT2D eigenvalue weighted by Gasteiger charge is 2.24. The molecule has 2 aromatic rings. The van der Waals surface area contributed by atoms with Crippen molar-refractivity contribution in [3.05, 3.63) is 72.8 Å². The Labute approximate surface area is 161 Å². The van der Waals surface area contributed by atoms with Crippen LogP contribution in [0.5, 0.6) is 0 Å². The van der Waals surface area contributed by atoms with Gasteiger partial charge in [0.05, 0.1) is 17.1 Å². The monoisotopic (exact) mass is 386 g/mol. The molecule has 27 heavy (non-hydrogen) atoms. The summed E-state index contributed by atoms with van der Waals surface area (Å²) in [5, 5.41) is 2.83. The van der Waals surface area contributed by atoms with Crippen molar-refractivity contribution in [1.29, 1.82) is 0 Å². The molecule has 0 atom stereocenters. The van der Waals surface area contributed by atoms with E-state index in [-0.39, 0.29) is 17.3 Å². The Balaban J connectivity index is 2.27. The third kappa shape index (κ3) is 5.44. The summed E-state index contributed by atoms with van der Waals surface area (Å²) in [5.41, 5.74) is 0.881. The summed E-state index contributed by atoms with van der Waals surface area (Å²) in [6.07, 6.45) is 4.56. The van der Waals surface area contributed by atoms with Gasteiger partial charge in [-0.3, -0.25) is 9.10 Å². The van der Waals surface area contributed by atoms with E-state index in [0.717, 1.165) is 19.3 Å². The van der Waals surface area contributed by atoms with Crippen LogP contribution < -0.4 is 9.62 Å². The maximum atomic E-state index is 13.1. The lowest BCUT2D eigenvalue weighted by molar-refractivity contribution is 0.0952. The second kappa shape index (κ2) is 9.92. The van der Waals surface area contributed by atoms with E-state index in [2.05, 4.69) is 18.8 Å². The first-order valence-corrected chi connectivity index (χ1v) is 10.5. The van der Waals surface area contributed by atoms with Crippen molar-refractivity contribution in [1.82, 2.24) is 5.32 Å². The summed E-state index contributed by atoms with van der Waals surface area (Å²) in [4.78, 5) is 12.4. The fourth-order valence-electron chi connectivity index (χ4n) is 2.66. The molecule has 0 saturated carbocycles. The van der Waals surface area contributed by atoms with Crippen molar-refractivity contribution in [2.24, 2.45) is 0 Å². The van der Waals surface area contributed by atoms with Gasteiger partial charge in [-0.15, -0.1) is 6.58 Å². The van der Waals surface area contributed by atoms with Crippen LogP contribution in [-0.2, 0) is 10.0 Å². The number of para-hydroxylation sites is 1. The van der Waals surface area contributed by atoms with Crippen LogP contribution in [0.3, 0.4) is 0 Å². The van der Waals surface area contributed by atoms with Crippen LogP contribution in [0, 0.1) is 0 Å². The van der Waals surface area contributed by atoms with Crippen LogP contribution in [0.15, 0.2) is 72.1 Å². The minimum atomic E-state index is -3.82. The van der Waals surface area contributed by atoms with E-state index in [9.17, 15) is 13.2 Å². The summed E-state index contributed by atoms with van der Waals surface area (Å²) in [6.45, 7) is 6.47. The van der Waals surface area contributed by atoms with Crippen molar-refractivity contribution in [3.8, 4) is 0 Å². The van der Waals surface area contributed by atoms with E-state index >= 15 is 0 Å². The predicted molar refractivity (Wildman–Crippen MR) is 109 cm³/mol. The van der Waals surface area contributed by atoms with Gasteiger partial charge in [-0.1, -0.05) is 50.1 Å². The standard InChI is InChI=1S/C21H26N2O3S/c1-3-5-9-15-22-21(24)18-11-10-14-20(17-18)27(25,26)23(16-4-2)19-12-7-6-8-13-19/h4,6-8,10-14,17H,2-3,5,9,15-16H2,1H3,(H,22,24). The fraction of sp³-hybridized carbons (Fsp3) is 0.286. The first-order chi connectivity index (χ1) is 13.0. The molecule has 1 N–H and O–H groups in total. The number of sulfonamides is 1. The molecule has 2 rings (SSSR count). The second-order valence-electron chi connectivity index (χ2n) is 6.15. The highest BCUT2D eigenvalue weighted by Crippen LogP contribution is 2.24. The van der Waals surface area contributed by atoms with Gasteiger partial charge in [-0.05, 0) is 36.8 Å². The summed E-state index contributed by atoms with van der Waals surface area (Å²) >= 11 is 0. The van der Waals surface area contributed by atoms with E-state index in [0.29, 0.717) is 17.8 Å². The molecule has 0 saturated heterocycles. The molecule has 144 valence electrons. The van der Waals surface area contributed by atoms with Crippen molar-refractivity contribution < 1.29 is 13.2 Å². The molecule has 0 aliphatic rings. The first-order valence-electron chi connectivity index (χ1n) is 9.07. The zero-order chi connectivity index (χ0) is 19.7. The van der Waals surface area contributed by atoms with Crippen LogP contribution in [0.2, 0.25) is 0 Å². The lowest BCUT2D eigenvalue weighted by Gasteiger charge is -2.23. The Bertz CT molecular complexity index is 864. The summed E-state index contributed by atoms with van der Waals surface area (Å²) in [5.74, 6) is -0.266. The Hall–Kier alpha value is -2.60. The van der Waals surface area contributed by atoms with E-state index < -0.39 is 10.0 Å². The van der Waals surface area contributed by atoms with Gasteiger partial charge in [0.25, 0.3) is 15.9 Å². The number of hydrogen-bond donors (Lipinski definition) is 1. The molecule has 0 aliphatic heterocycles. The average Bonchev–Trinajstić information content (AvgIpc) is 2.70. The number of anilines is 1. The van der Waals surface area contributed by atoms with Crippen molar-refractivity contribution in [2.75, 3.05) is 17.4 Å². The summed E-state index contributed by atoms with van der Waals surface area (Å²) in [6, 6.07) is 15.0. The third-order valence-corrected chi connectivity index (χ3v) is 5.88. The lowest BCUT2D eigenvalue weighted by atomic mass is 10.2. The van der Waals surface area contributed by atoms with Crippen molar-refractivity contribution in [2.45, 2.75) is 31.1 Å². The topological polar surface area (TPSA) is 66.5 Å². The molecule has 0 heterocycles. The molecule has 5 nitrogen and oxygen atoms in total. The van der Waals surface area contributed by atoms with Crippen LogP contribution in [0.1, 0.15) is 36.5 Å². The molecular formula is C21H26N2O3S. The molecule has 0 fully saturated rings. The quantitative estimate of drug-likeness (QED) is 0.496. The molecular weight excluding hydrogens is 360 g/mol. The highest BCUT2D eigenvalue weighted by atomic mass is 32.2. The van der Waals surface area contributed by atoms with E-state index in [4.69, 9.17) is 0 Å². The van der Waals surface area contributed by atoms with Gasteiger partial charge in [0.15, 0.2) is 0 Å². The number of nitrogens with zero attached hydrogens (tertiary/aromatic N) is 1. The maximum Gasteiger partial charge on any atom is 0.264 e. The van der Waals surface area contributed by atoms with E-state index in [1.54, 1.807) is 36.4 Å². The van der Waals surface area contributed by atoms with Crippen LogP contribution in [0.25, 0.3) is 0 Å². The minimum absolute atomic E-state index is 0.0782. The summed E-state index contributed by atoms with van der Waals surface area (Å²) in [7, 11) is -3.82. The van der Waals surface area contributed by atoms with Gasteiger partial charge in [-0.25, -0.2) is 8.42 Å². The summed E-state index contributed by atoms with van der Waals surface area (Å²) < 4.78 is 27.6. The molecule has 0 unspecified atom stereocenters.